The molecule has 0 aliphatic rings. The van der Waals surface area contributed by atoms with Crippen LogP contribution in [0.4, 0.5) is 0 Å². The van der Waals surface area contributed by atoms with Crippen LogP contribution in [0.3, 0.4) is 0 Å². The van der Waals surface area contributed by atoms with Crippen molar-refractivity contribution in [3.8, 4) is 5.88 Å². The van der Waals surface area contributed by atoms with Crippen molar-refractivity contribution in [1.82, 2.24) is 10.3 Å². The number of ether oxygens (including phenoxy) is 1. The van der Waals surface area contributed by atoms with E-state index in [4.69, 9.17) is 4.74 Å². The van der Waals surface area contributed by atoms with Gasteiger partial charge in [0.05, 0.1) is 11.1 Å². The fourth-order valence-corrected chi connectivity index (χ4v) is 1.91. The van der Waals surface area contributed by atoms with E-state index in [-0.39, 0.29) is 0 Å². The first-order chi connectivity index (χ1) is 8.34. The molecule has 17 heavy (non-hydrogen) atoms. The van der Waals surface area contributed by atoms with Crippen LogP contribution in [0.15, 0.2) is 22.8 Å². The quantitative estimate of drug-likeness (QED) is 0.542. The summed E-state index contributed by atoms with van der Waals surface area (Å²) in [6, 6.07) is 3.81. The fraction of sp³-hybridized carbons (Fsp3) is 0.583. The third-order valence-electron chi connectivity index (χ3n) is 2.25. The molecule has 0 radical (unpaired) electrons. The number of rotatable bonds is 9. The van der Waals surface area contributed by atoms with Gasteiger partial charge in [-0.15, -0.1) is 0 Å². The zero-order valence-corrected chi connectivity index (χ0v) is 12.3. The standard InChI is InChI=1S/C12H19BrN2OS/c13-11-5-4-7-15-12(11)16-9-3-1-2-6-14-8-10-17/h4-5,7,14,17H,1-3,6,8-10H2. The molecule has 0 aromatic carbocycles. The Morgan fingerprint density at radius 3 is 2.94 bits per heavy atom. The minimum atomic E-state index is 0.681. The molecular weight excluding hydrogens is 300 g/mol. The van der Waals surface area contributed by atoms with Crippen LogP contribution in [0.2, 0.25) is 0 Å². The van der Waals surface area contributed by atoms with Gasteiger partial charge < -0.3 is 10.1 Å². The first kappa shape index (κ1) is 14.8. The van der Waals surface area contributed by atoms with Crippen LogP contribution in [0, 0.1) is 0 Å². The van der Waals surface area contributed by atoms with Crippen molar-refractivity contribution < 1.29 is 4.74 Å². The highest BCUT2D eigenvalue weighted by Crippen LogP contribution is 2.20. The van der Waals surface area contributed by atoms with Gasteiger partial charge in [-0.05, 0) is 53.9 Å². The van der Waals surface area contributed by atoms with E-state index < -0.39 is 0 Å². The largest absolute Gasteiger partial charge is 0.477 e. The van der Waals surface area contributed by atoms with Gasteiger partial charge in [0.15, 0.2) is 0 Å². The van der Waals surface area contributed by atoms with Crippen molar-refractivity contribution in [2.75, 3.05) is 25.4 Å². The molecule has 3 nitrogen and oxygen atoms in total. The first-order valence-corrected chi connectivity index (χ1v) is 7.32. The lowest BCUT2D eigenvalue weighted by molar-refractivity contribution is 0.292. The molecule has 1 aromatic heterocycles. The van der Waals surface area contributed by atoms with Gasteiger partial charge in [0, 0.05) is 18.5 Å². The fourth-order valence-electron chi connectivity index (χ4n) is 1.38. The number of halogens is 1. The molecule has 0 saturated carbocycles. The van der Waals surface area contributed by atoms with E-state index in [1.54, 1.807) is 6.20 Å². The van der Waals surface area contributed by atoms with Gasteiger partial charge in [-0.25, -0.2) is 4.98 Å². The number of nitrogens with zero attached hydrogens (tertiary/aromatic N) is 1. The van der Waals surface area contributed by atoms with Crippen LogP contribution >= 0.6 is 28.6 Å². The van der Waals surface area contributed by atoms with Crippen LogP contribution < -0.4 is 10.1 Å². The summed E-state index contributed by atoms with van der Waals surface area (Å²) in [7, 11) is 0. The summed E-state index contributed by atoms with van der Waals surface area (Å²) in [6.07, 6.45) is 5.15. The summed E-state index contributed by atoms with van der Waals surface area (Å²) < 4.78 is 6.49. The molecular formula is C12H19BrN2OS. The third kappa shape index (κ3) is 6.91. The second-order valence-electron chi connectivity index (χ2n) is 3.67. The molecule has 0 bridgehead atoms. The van der Waals surface area contributed by atoms with E-state index in [2.05, 4.69) is 38.9 Å². The van der Waals surface area contributed by atoms with E-state index in [1.807, 2.05) is 12.1 Å². The molecule has 0 amide bonds. The Morgan fingerprint density at radius 1 is 1.29 bits per heavy atom. The molecule has 0 atom stereocenters. The summed E-state index contributed by atoms with van der Waals surface area (Å²) in [5.74, 6) is 1.58. The summed E-state index contributed by atoms with van der Waals surface area (Å²) in [4.78, 5) is 4.15. The molecule has 1 rings (SSSR count). The van der Waals surface area contributed by atoms with Crippen molar-refractivity contribution in [3.05, 3.63) is 22.8 Å². The highest BCUT2D eigenvalue weighted by Gasteiger charge is 2.00. The number of hydrogen-bond donors (Lipinski definition) is 2. The van der Waals surface area contributed by atoms with E-state index in [1.165, 1.54) is 12.8 Å². The lowest BCUT2D eigenvalue weighted by Gasteiger charge is -2.06. The van der Waals surface area contributed by atoms with Gasteiger partial charge in [-0.2, -0.15) is 12.6 Å². The van der Waals surface area contributed by atoms with Crippen LogP contribution in [0.25, 0.3) is 0 Å². The SMILES string of the molecule is SCCNCCCCCOc1ncccc1Br. The Balaban J connectivity index is 1.99. The second kappa shape index (κ2) is 9.74. The third-order valence-corrected chi connectivity index (χ3v) is 3.08. The lowest BCUT2D eigenvalue weighted by Crippen LogP contribution is -2.17. The normalized spacial score (nSPS) is 10.5. The number of nitrogens with one attached hydrogen (secondary N) is 1. The summed E-state index contributed by atoms with van der Waals surface area (Å²) >= 11 is 7.54. The number of aromatic nitrogens is 1. The van der Waals surface area contributed by atoms with Gasteiger partial charge in [-0.3, -0.25) is 0 Å². The van der Waals surface area contributed by atoms with Crippen molar-refractivity contribution in [1.29, 1.82) is 0 Å². The maximum absolute atomic E-state index is 5.57. The Kier molecular flexibility index (Phi) is 8.48. The number of thiol groups is 1. The van der Waals surface area contributed by atoms with Gasteiger partial charge in [0.25, 0.3) is 0 Å². The Morgan fingerprint density at radius 2 is 2.18 bits per heavy atom. The van der Waals surface area contributed by atoms with Gasteiger partial charge in [-0.1, -0.05) is 0 Å². The Hall–Kier alpha value is -0.260. The molecule has 0 unspecified atom stereocenters. The summed E-state index contributed by atoms with van der Waals surface area (Å²) in [5.41, 5.74) is 0. The topological polar surface area (TPSA) is 34.1 Å². The second-order valence-corrected chi connectivity index (χ2v) is 4.97. The molecule has 5 heteroatoms. The minimum Gasteiger partial charge on any atom is -0.477 e. The highest BCUT2D eigenvalue weighted by atomic mass is 79.9. The molecule has 0 spiro atoms. The molecule has 0 fully saturated rings. The van der Waals surface area contributed by atoms with Crippen LogP contribution in [0.5, 0.6) is 5.88 Å². The van der Waals surface area contributed by atoms with E-state index >= 15 is 0 Å². The zero-order valence-electron chi connectivity index (χ0n) is 9.86. The number of hydrogen-bond acceptors (Lipinski definition) is 4. The van der Waals surface area contributed by atoms with Crippen LogP contribution in [-0.4, -0.2) is 30.4 Å². The predicted molar refractivity (Wildman–Crippen MR) is 78.0 cm³/mol. The van der Waals surface area contributed by atoms with Crippen molar-refractivity contribution in [2.45, 2.75) is 19.3 Å². The monoisotopic (exact) mass is 318 g/mol. The van der Waals surface area contributed by atoms with Crippen LogP contribution in [-0.2, 0) is 0 Å². The molecule has 0 saturated heterocycles. The predicted octanol–water partition coefficient (Wildman–Crippen LogP) is 2.91. The Bertz CT molecular complexity index is 312. The molecule has 0 aliphatic heterocycles. The smallest absolute Gasteiger partial charge is 0.227 e. The molecule has 0 aliphatic carbocycles. The van der Waals surface area contributed by atoms with Gasteiger partial charge in [0.2, 0.25) is 5.88 Å². The maximum atomic E-state index is 5.57. The van der Waals surface area contributed by atoms with Gasteiger partial charge in [0.1, 0.15) is 0 Å². The van der Waals surface area contributed by atoms with Crippen LogP contribution in [0.1, 0.15) is 19.3 Å². The molecule has 1 N–H and O–H groups in total. The number of unbranched alkanes of at least 4 members (excludes halogenated alkanes) is 2. The van der Waals surface area contributed by atoms with Crippen molar-refractivity contribution in [3.63, 3.8) is 0 Å². The molecule has 1 heterocycles. The van der Waals surface area contributed by atoms with Gasteiger partial charge >= 0.3 is 0 Å². The average molecular weight is 319 g/mol. The lowest BCUT2D eigenvalue weighted by atomic mass is 10.2. The average Bonchev–Trinajstić information content (AvgIpc) is 2.35. The zero-order chi connectivity index (χ0) is 12.3. The first-order valence-electron chi connectivity index (χ1n) is 5.89. The van der Waals surface area contributed by atoms with Crippen molar-refractivity contribution in [2.24, 2.45) is 0 Å². The van der Waals surface area contributed by atoms with E-state index in [0.29, 0.717) is 5.88 Å². The molecule has 96 valence electrons. The van der Waals surface area contributed by atoms with E-state index in [0.717, 1.165) is 36.3 Å². The summed E-state index contributed by atoms with van der Waals surface area (Å²) in [6.45, 7) is 2.77. The summed E-state index contributed by atoms with van der Waals surface area (Å²) in [5, 5.41) is 3.32. The highest BCUT2D eigenvalue weighted by molar-refractivity contribution is 9.10. The van der Waals surface area contributed by atoms with E-state index in [9.17, 15) is 0 Å². The number of pyridine rings is 1. The molecule has 1 aromatic rings. The Labute approximate surface area is 117 Å². The van der Waals surface area contributed by atoms with Crippen molar-refractivity contribution >= 4 is 28.6 Å². The minimum absolute atomic E-state index is 0.681. The maximum Gasteiger partial charge on any atom is 0.227 e.